The molecular formula is C20H21N3O6S. The first-order valence-corrected chi connectivity index (χ1v) is 10.4. The predicted molar refractivity (Wildman–Crippen MR) is 110 cm³/mol. The zero-order chi connectivity index (χ0) is 21.3. The van der Waals surface area contributed by atoms with Gasteiger partial charge in [-0.15, -0.1) is 11.3 Å². The molecule has 1 aromatic heterocycles. The molecule has 4 N–H and O–H groups in total. The molecule has 2 heterocycles. The topological polar surface area (TPSA) is 129 Å². The maximum absolute atomic E-state index is 12.5. The summed E-state index contributed by atoms with van der Waals surface area (Å²) in [7, 11) is 0. The Hall–Kier alpha value is -3.27. The lowest BCUT2D eigenvalue weighted by molar-refractivity contribution is -0.148. The fourth-order valence-corrected chi connectivity index (χ4v) is 4.96. The maximum Gasteiger partial charge on any atom is 0.324 e. The Labute approximate surface area is 176 Å². The van der Waals surface area contributed by atoms with Crippen molar-refractivity contribution in [3.05, 3.63) is 34.2 Å². The molecule has 30 heavy (non-hydrogen) atoms. The quantitative estimate of drug-likeness (QED) is 0.625. The van der Waals surface area contributed by atoms with Gasteiger partial charge in [-0.25, -0.2) is 4.79 Å². The lowest BCUT2D eigenvalue weighted by Gasteiger charge is -2.20. The molecule has 2 aliphatic rings. The van der Waals surface area contributed by atoms with Crippen LogP contribution in [-0.4, -0.2) is 31.3 Å². The fraction of sp³-hybridized carbons (Fsp3) is 0.350. The van der Waals surface area contributed by atoms with E-state index in [-0.39, 0.29) is 18.7 Å². The maximum atomic E-state index is 12.5. The average molecular weight is 431 g/mol. The minimum atomic E-state index is -0.611. The molecule has 158 valence electrons. The third kappa shape index (κ3) is 3.90. The second-order valence-corrected chi connectivity index (χ2v) is 8.02. The first-order chi connectivity index (χ1) is 14.5. The number of ether oxygens (including phenoxy) is 3. The first kappa shape index (κ1) is 20.0. The van der Waals surface area contributed by atoms with Crippen molar-refractivity contribution in [3.8, 4) is 11.5 Å². The number of urea groups is 1. The fourth-order valence-electron chi connectivity index (χ4n) is 3.64. The summed E-state index contributed by atoms with van der Waals surface area (Å²) < 4.78 is 15.7. The zero-order valence-corrected chi connectivity index (χ0v) is 17.1. The van der Waals surface area contributed by atoms with E-state index in [1.165, 1.54) is 11.3 Å². The second-order valence-electron chi connectivity index (χ2n) is 6.91. The highest BCUT2D eigenvalue weighted by Crippen LogP contribution is 2.40. The molecule has 1 unspecified atom stereocenters. The number of nitrogens with one attached hydrogen (secondary N) is 2. The molecule has 1 atom stereocenters. The van der Waals surface area contributed by atoms with Crippen LogP contribution in [0.1, 0.15) is 34.1 Å². The van der Waals surface area contributed by atoms with Crippen molar-refractivity contribution in [3.63, 3.8) is 0 Å². The number of fused-ring (bicyclic) bond motifs is 2. The van der Waals surface area contributed by atoms with Crippen molar-refractivity contribution >= 4 is 39.9 Å². The summed E-state index contributed by atoms with van der Waals surface area (Å²) >= 11 is 1.26. The molecule has 1 aliphatic carbocycles. The van der Waals surface area contributed by atoms with Crippen molar-refractivity contribution in [1.29, 1.82) is 0 Å². The molecule has 2 aromatic rings. The van der Waals surface area contributed by atoms with Gasteiger partial charge >= 0.3 is 12.0 Å². The number of amides is 3. The van der Waals surface area contributed by atoms with Gasteiger partial charge in [0.15, 0.2) is 11.5 Å². The Morgan fingerprint density at radius 1 is 1.23 bits per heavy atom. The van der Waals surface area contributed by atoms with Gasteiger partial charge < -0.3 is 25.3 Å². The molecule has 0 radical (unpaired) electrons. The van der Waals surface area contributed by atoms with Crippen LogP contribution >= 0.6 is 11.3 Å². The number of nitrogens with two attached hydrogens (primary N) is 1. The third-order valence-corrected chi connectivity index (χ3v) is 6.16. The van der Waals surface area contributed by atoms with Crippen LogP contribution < -0.4 is 25.8 Å². The monoisotopic (exact) mass is 431 g/mol. The summed E-state index contributed by atoms with van der Waals surface area (Å²) in [6.45, 7) is 2.23. The third-order valence-electron chi connectivity index (χ3n) is 4.99. The molecule has 0 fully saturated rings. The number of primary amides is 1. The van der Waals surface area contributed by atoms with Gasteiger partial charge in [0.2, 0.25) is 6.79 Å². The van der Waals surface area contributed by atoms with Crippen molar-refractivity contribution in [2.24, 2.45) is 11.7 Å². The van der Waals surface area contributed by atoms with Crippen LogP contribution in [-0.2, 0) is 22.4 Å². The minimum Gasteiger partial charge on any atom is -0.466 e. The van der Waals surface area contributed by atoms with Crippen molar-refractivity contribution in [1.82, 2.24) is 0 Å². The van der Waals surface area contributed by atoms with Gasteiger partial charge in [0, 0.05) is 16.6 Å². The van der Waals surface area contributed by atoms with E-state index >= 15 is 0 Å². The smallest absolute Gasteiger partial charge is 0.324 e. The summed E-state index contributed by atoms with van der Waals surface area (Å²) in [6, 6.07) is 4.52. The van der Waals surface area contributed by atoms with E-state index in [9.17, 15) is 14.4 Å². The number of anilines is 2. The van der Waals surface area contributed by atoms with Crippen LogP contribution in [0.3, 0.4) is 0 Å². The zero-order valence-electron chi connectivity index (χ0n) is 16.3. The summed E-state index contributed by atoms with van der Waals surface area (Å²) in [4.78, 5) is 37.5. The van der Waals surface area contributed by atoms with Crippen LogP contribution in [0.15, 0.2) is 18.2 Å². The van der Waals surface area contributed by atoms with Crippen LogP contribution in [0.4, 0.5) is 15.5 Å². The standard InChI is InChI=1S/C20H21N3O6S/c1-2-27-19(25)10-3-5-12-15(7-10)30-18(16(12)17(21)24)23-20(26)22-11-4-6-13-14(8-11)29-9-28-13/h4,6,8,10H,2-3,5,7,9H2,1H3,(H2,21,24)(H2,22,23,26). The molecule has 10 heteroatoms. The van der Waals surface area contributed by atoms with Gasteiger partial charge in [-0.2, -0.15) is 0 Å². The molecule has 0 saturated carbocycles. The highest BCUT2D eigenvalue weighted by molar-refractivity contribution is 7.17. The number of benzene rings is 1. The van der Waals surface area contributed by atoms with E-state index in [1.807, 2.05) is 0 Å². The second kappa shape index (κ2) is 8.23. The lowest BCUT2D eigenvalue weighted by Crippen LogP contribution is -2.25. The Kier molecular flexibility index (Phi) is 5.49. The number of esters is 1. The molecule has 0 bridgehead atoms. The number of carbonyl (C=O) groups is 3. The SMILES string of the molecule is CCOC(=O)C1CCc2c(sc(NC(=O)Nc3ccc4c(c3)OCO4)c2C(N)=O)C1. The number of hydrogen-bond acceptors (Lipinski definition) is 7. The Balaban J connectivity index is 1.50. The predicted octanol–water partition coefficient (Wildman–Crippen LogP) is 2.89. The highest BCUT2D eigenvalue weighted by atomic mass is 32.1. The number of carbonyl (C=O) groups excluding carboxylic acids is 3. The van der Waals surface area contributed by atoms with Gasteiger partial charge in [0.05, 0.1) is 18.1 Å². The van der Waals surface area contributed by atoms with Gasteiger partial charge in [-0.05, 0) is 43.9 Å². The van der Waals surface area contributed by atoms with Crippen molar-refractivity contribution < 1.29 is 28.6 Å². The van der Waals surface area contributed by atoms with Crippen LogP contribution in [0.25, 0.3) is 0 Å². The molecule has 1 aliphatic heterocycles. The van der Waals surface area contributed by atoms with Crippen molar-refractivity contribution in [2.75, 3.05) is 24.0 Å². The number of rotatable bonds is 5. The summed E-state index contributed by atoms with van der Waals surface area (Å²) in [5.41, 5.74) is 7.21. The summed E-state index contributed by atoms with van der Waals surface area (Å²) in [6.07, 6.45) is 1.56. The molecule has 0 spiro atoms. The van der Waals surface area contributed by atoms with Crippen LogP contribution in [0, 0.1) is 5.92 Å². The molecule has 9 nitrogen and oxygen atoms in total. The molecule has 1 aromatic carbocycles. The average Bonchev–Trinajstić information content (AvgIpc) is 3.30. The normalized spacial score (nSPS) is 16.5. The summed E-state index contributed by atoms with van der Waals surface area (Å²) in [5, 5.41) is 5.79. The van der Waals surface area contributed by atoms with Gasteiger partial charge in [0.25, 0.3) is 5.91 Å². The van der Waals surface area contributed by atoms with E-state index in [0.29, 0.717) is 53.6 Å². The highest BCUT2D eigenvalue weighted by Gasteiger charge is 2.32. The van der Waals surface area contributed by atoms with Crippen LogP contribution in [0.5, 0.6) is 11.5 Å². The Morgan fingerprint density at radius 3 is 2.80 bits per heavy atom. The van der Waals surface area contributed by atoms with E-state index in [2.05, 4.69) is 10.6 Å². The first-order valence-electron chi connectivity index (χ1n) is 9.55. The van der Waals surface area contributed by atoms with Gasteiger partial charge in [-0.1, -0.05) is 0 Å². The summed E-state index contributed by atoms with van der Waals surface area (Å²) in [5.74, 6) is 0.0427. The van der Waals surface area contributed by atoms with Gasteiger partial charge in [-0.3, -0.25) is 14.9 Å². The molecule has 4 rings (SSSR count). The Morgan fingerprint density at radius 2 is 2.03 bits per heavy atom. The van der Waals surface area contributed by atoms with Gasteiger partial charge in [0.1, 0.15) is 5.00 Å². The van der Waals surface area contributed by atoms with Crippen LogP contribution in [0.2, 0.25) is 0 Å². The van der Waals surface area contributed by atoms with E-state index in [0.717, 1.165) is 10.4 Å². The number of thiophene rings is 1. The van der Waals surface area contributed by atoms with Crippen molar-refractivity contribution in [2.45, 2.75) is 26.2 Å². The van der Waals surface area contributed by atoms with E-state index in [1.54, 1.807) is 25.1 Å². The largest absolute Gasteiger partial charge is 0.466 e. The molecule has 0 saturated heterocycles. The Bertz CT molecular complexity index is 1020. The van der Waals surface area contributed by atoms with E-state index < -0.39 is 11.9 Å². The van der Waals surface area contributed by atoms with E-state index in [4.69, 9.17) is 19.9 Å². The lowest BCUT2D eigenvalue weighted by atomic mass is 9.87. The minimum absolute atomic E-state index is 0.139. The number of hydrogen-bond donors (Lipinski definition) is 3. The molecular weight excluding hydrogens is 410 g/mol. The molecule has 3 amide bonds.